The van der Waals surface area contributed by atoms with Crippen LogP contribution in [0.3, 0.4) is 0 Å². The molecule has 0 aliphatic carbocycles. The fourth-order valence-corrected chi connectivity index (χ4v) is 13.0. The van der Waals surface area contributed by atoms with Crippen LogP contribution in [0.5, 0.6) is 23.0 Å². The van der Waals surface area contributed by atoms with Crippen molar-refractivity contribution >= 4 is 47.7 Å². The molecular formula is C45H40O4P2. The van der Waals surface area contributed by atoms with E-state index >= 15 is 0 Å². The zero-order valence-corrected chi connectivity index (χ0v) is 31.9. The van der Waals surface area contributed by atoms with E-state index in [4.69, 9.17) is 18.9 Å². The Morgan fingerprint density at radius 2 is 0.863 bits per heavy atom. The Bertz CT molecular complexity index is 2220. The molecular weight excluding hydrogens is 666 g/mol. The fraction of sp³-hybridized carbons (Fsp3) is 0.200. The molecule has 1 atom stereocenters. The van der Waals surface area contributed by atoms with Crippen LogP contribution in [0.1, 0.15) is 38.9 Å². The van der Waals surface area contributed by atoms with Crippen molar-refractivity contribution in [2.45, 2.75) is 48.5 Å². The first-order valence-corrected chi connectivity index (χ1v) is 19.9. The topological polar surface area (TPSA) is 36.9 Å². The minimum absolute atomic E-state index is 0.155. The minimum Gasteiger partial charge on any atom is -0.454 e. The Kier molecular flexibility index (Phi) is 8.76. The molecule has 254 valence electrons. The van der Waals surface area contributed by atoms with Crippen molar-refractivity contribution in [2.75, 3.05) is 13.6 Å². The van der Waals surface area contributed by atoms with Crippen LogP contribution >= 0.6 is 15.8 Å². The molecule has 4 nitrogen and oxygen atoms in total. The normalized spacial score (nSPS) is 13.4. The van der Waals surface area contributed by atoms with Gasteiger partial charge in [-0.1, -0.05) is 100 Å². The summed E-state index contributed by atoms with van der Waals surface area (Å²) in [7, 11) is -2.19. The molecule has 2 aliphatic rings. The van der Waals surface area contributed by atoms with Crippen molar-refractivity contribution in [1.29, 1.82) is 0 Å². The zero-order valence-electron chi connectivity index (χ0n) is 30.1. The molecule has 2 aliphatic heterocycles. The molecule has 2 heterocycles. The summed E-state index contributed by atoms with van der Waals surface area (Å²) >= 11 is 0. The Labute approximate surface area is 303 Å². The first kappa shape index (κ1) is 33.3. The van der Waals surface area contributed by atoms with Crippen molar-refractivity contribution in [3.05, 3.63) is 142 Å². The molecule has 0 N–H and O–H groups in total. The van der Waals surface area contributed by atoms with E-state index < -0.39 is 15.8 Å². The molecule has 0 spiro atoms. The summed E-state index contributed by atoms with van der Waals surface area (Å²) in [6.45, 7) is 15.5. The summed E-state index contributed by atoms with van der Waals surface area (Å²) in [6, 6.07) is 40.5. The zero-order chi connectivity index (χ0) is 35.4. The monoisotopic (exact) mass is 706 g/mol. The van der Waals surface area contributed by atoms with Gasteiger partial charge in [0, 0.05) is 16.4 Å². The van der Waals surface area contributed by atoms with Crippen LogP contribution in [0, 0.1) is 60.6 Å². The number of benzene rings is 5. The highest BCUT2D eigenvalue weighted by Gasteiger charge is 2.36. The van der Waals surface area contributed by atoms with E-state index in [0.29, 0.717) is 0 Å². The lowest BCUT2D eigenvalue weighted by Crippen LogP contribution is -2.27. The van der Waals surface area contributed by atoms with Gasteiger partial charge in [-0.25, -0.2) is 0 Å². The van der Waals surface area contributed by atoms with Gasteiger partial charge < -0.3 is 18.9 Å². The lowest BCUT2D eigenvalue weighted by atomic mass is 10.0. The average Bonchev–Trinajstić information content (AvgIpc) is 3.74. The first-order chi connectivity index (χ1) is 24.6. The van der Waals surface area contributed by atoms with Gasteiger partial charge in [-0.05, 0) is 133 Å². The van der Waals surface area contributed by atoms with Gasteiger partial charge in [0.15, 0.2) is 23.0 Å². The summed E-state index contributed by atoms with van der Waals surface area (Å²) in [5.41, 5.74) is 10.6. The van der Waals surface area contributed by atoms with Gasteiger partial charge in [-0.3, -0.25) is 0 Å². The number of hydrogen-bond donors (Lipinski definition) is 0. The van der Waals surface area contributed by atoms with Gasteiger partial charge in [0.25, 0.3) is 0 Å². The van der Waals surface area contributed by atoms with Crippen molar-refractivity contribution in [1.82, 2.24) is 0 Å². The quantitative estimate of drug-likeness (QED) is 0.157. The molecule has 6 aromatic rings. The molecule has 0 radical (unpaired) electrons. The van der Waals surface area contributed by atoms with Gasteiger partial charge in [0.2, 0.25) is 13.6 Å². The Morgan fingerprint density at radius 1 is 0.451 bits per heavy atom. The second kappa shape index (κ2) is 13.4. The lowest BCUT2D eigenvalue weighted by Gasteiger charge is -2.28. The highest BCUT2D eigenvalue weighted by atomic mass is 31.1. The standard InChI is InChI=1S/C45H40O4P2/c1-27-9-8-10-34(18-27)50(35-19-28(2)15-29(3)20-35)40-13-11-38-44(48-25-46-38)42(40)43-41(14-12-39-45(43)49-26-47-39)51(36-21-30(4)16-31(5)22-36)37-23-32(6)17-33(7)24-37/h9,11-24H,25-26H2,1-7H3. The molecule has 0 saturated heterocycles. The predicted octanol–water partition coefficient (Wildman–Crippen LogP) is 8.09. The van der Waals surface area contributed by atoms with Crippen molar-refractivity contribution < 1.29 is 18.9 Å². The molecule has 0 fully saturated rings. The molecule has 0 aromatic heterocycles. The maximum atomic E-state index is 6.49. The van der Waals surface area contributed by atoms with E-state index in [9.17, 15) is 0 Å². The van der Waals surface area contributed by atoms with Crippen LogP contribution in [0.25, 0.3) is 11.1 Å². The Balaban J connectivity index is 1.49. The number of aryl methyl sites for hydroxylation is 7. The van der Waals surface area contributed by atoms with Gasteiger partial charge >= 0.3 is 0 Å². The molecule has 0 saturated carbocycles. The SMILES string of the molecule is Cc1cc#cc(P(c2cc(C)cc(C)c2)c2ccc3c(c2-c2c(P(c4cc(C)cc(C)c4)c4cc(C)cc(C)c4)ccc4c2OCO4)OCO3)c1. The summed E-state index contributed by atoms with van der Waals surface area (Å²) < 4.78 is 25.2. The second-order valence-electron chi connectivity index (χ2n) is 13.8. The van der Waals surface area contributed by atoms with Crippen LogP contribution in [-0.2, 0) is 0 Å². The number of rotatable bonds is 7. The second-order valence-corrected chi connectivity index (χ2v) is 18.1. The van der Waals surface area contributed by atoms with Gasteiger partial charge in [-0.2, -0.15) is 0 Å². The van der Waals surface area contributed by atoms with Crippen LogP contribution in [0.2, 0.25) is 0 Å². The van der Waals surface area contributed by atoms with E-state index in [0.717, 1.165) is 50.3 Å². The Hall–Kier alpha value is -4.80. The number of ether oxygens (including phenoxy) is 4. The van der Waals surface area contributed by atoms with Crippen molar-refractivity contribution in [3.63, 3.8) is 0 Å². The third-order valence-electron chi connectivity index (χ3n) is 9.27. The summed E-state index contributed by atoms with van der Waals surface area (Å²) in [5, 5.41) is 7.26. The van der Waals surface area contributed by atoms with Gasteiger partial charge in [-0.15, -0.1) is 0 Å². The molecule has 8 rings (SSSR count). The Morgan fingerprint density at radius 3 is 1.29 bits per heavy atom. The largest absolute Gasteiger partial charge is 0.454 e. The van der Waals surface area contributed by atoms with E-state index in [1.807, 2.05) is 6.07 Å². The highest BCUT2D eigenvalue weighted by molar-refractivity contribution is 7.80. The number of hydrogen-bond acceptors (Lipinski definition) is 4. The van der Waals surface area contributed by atoms with Crippen molar-refractivity contribution in [2.24, 2.45) is 0 Å². The molecule has 6 heteroatoms. The van der Waals surface area contributed by atoms with Crippen LogP contribution in [0.4, 0.5) is 0 Å². The maximum absolute atomic E-state index is 6.49. The molecule has 0 bridgehead atoms. The van der Waals surface area contributed by atoms with E-state index in [2.05, 4.69) is 146 Å². The molecule has 6 aromatic carbocycles. The third-order valence-corrected chi connectivity index (χ3v) is 14.0. The summed E-state index contributed by atoms with van der Waals surface area (Å²) in [6.07, 6.45) is 0. The maximum Gasteiger partial charge on any atom is 0.231 e. The van der Waals surface area contributed by atoms with Gasteiger partial charge in [0.1, 0.15) is 0 Å². The van der Waals surface area contributed by atoms with E-state index in [1.165, 1.54) is 54.6 Å². The average molecular weight is 707 g/mol. The molecule has 51 heavy (non-hydrogen) atoms. The van der Waals surface area contributed by atoms with Crippen LogP contribution in [0.15, 0.2) is 91.0 Å². The van der Waals surface area contributed by atoms with E-state index in [-0.39, 0.29) is 13.6 Å². The minimum atomic E-state index is -1.12. The van der Waals surface area contributed by atoms with Gasteiger partial charge in [0.05, 0.1) is 0 Å². The summed E-state index contributed by atoms with van der Waals surface area (Å²) in [5.74, 6) is 2.95. The first-order valence-electron chi connectivity index (χ1n) is 17.2. The van der Waals surface area contributed by atoms with Crippen molar-refractivity contribution in [3.8, 4) is 34.1 Å². The van der Waals surface area contributed by atoms with Crippen LogP contribution in [-0.4, -0.2) is 13.6 Å². The molecule has 1 unspecified atom stereocenters. The lowest BCUT2D eigenvalue weighted by molar-refractivity contribution is 0.173. The number of fused-ring (bicyclic) bond motifs is 2. The third kappa shape index (κ3) is 6.36. The van der Waals surface area contributed by atoms with Crippen LogP contribution < -0.4 is 50.8 Å². The highest BCUT2D eigenvalue weighted by Crippen LogP contribution is 2.53. The summed E-state index contributed by atoms with van der Waals surface area (Å²) in [4.78, 5) is 0. The van der Waals surface area contributed by atoms with E-state index in [1.54, 1.807) is 0 Å². The molecule has 0 amide bonds. The fourth-order valence-electron chi connectivity index (χ4n) is 7.49. The predicted molar refractivity (Wildman–Crippen MR) is 212 cm³/mol. The smallest absolute Gasteiger partial charge is 0.231 e.